The van der Waals surface area contributed by atoms with Gasteiger partial charge in [0, 0.05) is 19.1 Å². The summed E-state index contributed by atoms with van der Waals surface area (Å²) in [4.78, 5) is 4.26. The van der Waals surface area contributed by atoms with Crippen molar-refractivity contribution in [1.82, 2.24) is 10.4 Å². The van der Waals surface area contributed by atoms with Gasteiger partial charge in [0.05, 0.1) is 0 Å². The maximum atomic E-state index is 4.26. The summed E-state index contributed by atoms with van der Waals surface area (Å²) in [6.07, 6.45) is 13.5. The molecule has 2 aliphatic rings. The van der Waals surface area contributed by atoms with Gasteiger partial charge in [-0.05, 0) is 38.7 Å². The molecule has 1 heterocycles. The fourth-order valence-corrected chi connectivity index (χ4v) is 2.95. The van der Waals surface area contributed by atoms with Gasteiger partial charge < -0.3 is 5.43 Å². The van der Waals surface area contributed by atoms with E-state index in [0.29, 0.717) is 18.0 Å². The number of allylic oxidation sites excluding steroid dienone is 3. The van der Waals surface area contributed by atoms with Gasteiger partial charge in [-0.15, -0.1) is 0 Å². The fraction of sp³-hybridized carbons (Fsp3) is 0.562. The van der Waals surface area contributed by atoms with Crippen LogP contribution < -0.4 is 5.43 Å². The van der Waals surface area contributed by atoms with E-state index in [9.17, 15) is 0 Å². The molecule has 1 N–H and O–H groups in total. The lowest BCUT2D eigenvalue weighted by atomic mass is 9.87. The van der Waals surface area contributed by atoms with Crippen molar-refractivity contribution < 1.29 is 0 Å². The smallest absolute Gasteiger partial charge is 0.134 e. The zero-order valence-electron chi connectivity index (χ0n) is 12.4. The molecular formula is C16H25N3. The molecule has 0 aromatic heterocycles. The minimum absolute atomic E-state index is 0.398. The molecule has 3 unspecified atom stereocenters. The summed E-state index contributed by atoms with van der Waals surface area (Å²) in [5.41, 5.74) is 4.83. The maximum absolute atomic E-state index is 4.26. The molecule has 0 fully saturated rings. The standard InChI is InChI=1S/C16H25N3/c1-5-15(14-8-6-7-12(2)11-14)19-13(3)9-10-16(17-4)18-19/h6-7,9-11,13-15H,5,8H2,1-4H3,(H,17,18). The molecule has 104 valence electrons. The van der Waals surface area contributed by atoms with Crippen molar-refractivity contribution in [2.45, 2.75) is 45.7 Å². The molecule has 0 saturated carbocycles. The highest BCUT2D eigenvalue weighted by Gasteiger charge is 2.29. The van der Waals surface area contributed by atoms with Crippen LogP contribution in [0.25, 0.3) is 0 Å². The number of rotatable bonds is 3. The average molecular weight is 259 g/mol. The summed E-state index contributed by atoms with van der Waals surface area (Å²) >= 11 is 0. The van der Waals surface area contributed by atoms with Crippen LogP contribution in [0.1, 0.15) is 33.6 Å². The summed E-state index contributed by atoms with van der Waals surface area (Å²) in [5, 5.41) is 2.36. The number of hydrogen-bond donors (Lipinski definition) is 1. The first-order chi connectivity index (χ1) is 9.15. The number of nitrogens with zero attached hydrogens (tertiary/aromatic N) is 2. The van der Waals surface area contributed by atoms with Crippen LogP contribution in [-0.2, 0) is 0 Å². The molecule has 0 radical (unpaired) electrons. The van der Waals surface area contributed by atoms with E-state index in [1.807, 2.05) is 7.05 Å². The Balaban J connectivity index is 2.17. The SMILES string of the molecule is CCC(C1C=C(C)C=CC1)N1NC(=NC)C=CC1C. The third-order valence-electron chi connectivity index (χ3n) is 3.99. The highest BCUT2D eigenvalue weighted by molar-refractivity contribution is 5.93. The summed E-state index contributed by atoms with van der Waals surface area (Å²) in [6.45, 7) is 6.68. The van der Waals surface area contributed by atoms with Crippen LogP contribution in [0.4, 0.5) is 0 Å². The third-order valence-corrected chi connectivity index (χ3v) is 3.99. The van der Waals surface area contributed by atoms with E-state index in [0.717, 1.165) is 18.7 Å². The quantitative estimate of drug-likeness (QED) is 0.843. The van der Waals surface area contributed by atoms with Gasteiger partial charge >= 0.3 is 0 Å². The van der Waals surface area contributed by atoms with Crippen molar-refractivity contribution in [3.8, 4) is 0 Å². The minimum atomic E-state index is 0.398. The van der Waals surface area contributed by atoms with E-state index in [1.165, 1.54) is 5.57 Å². The molecule has 3 heteroatoms. The van der Waals surface area contributed by atoms with Gasteiger partial charge in [0.15, 0.2) is 0 Å². The molecular weight excluding hydrogens is 234 g/mol. The van der Waals surface area contributed by atoms with Crippen molar-refractivity contribution in [3.05, 3.63) is 36.0 Å². The first-order valence-electron chi connectivity index (χ1n) is 7.20. The largest absolute Gasteiger partial charge is 0.303 e. The summed E-state index contributed by atoms with van der Waals surface area (Å²) in [6, 6.07) is 0.895. The second-order valence-corrected chi connectivity index (χ2v) is 5.42. The first kappa shape index (κ1) is 14.1. The van der Waals surface area contributed by atoms with Crippen molar-refractivity contribution in [2.24, 2.45) is 10.9 Å². The highest BCUT2D eigenvalue weighted by atomic mass is 15.5. The number of nitrogens with one attached hydrogen (secondary N) is 1. The third kappa shape index (κ3) is 3.16. The zero-order valence-corrected chi connectivity index (χ0v) is 12.4. The lowest BCUT2D eigenvalue weighted by Crippen LogP contribution is -2.56. The van der Waals surface area contributed by atoms with E-state index in [-0.39, 0.29) is 0 Å². The molecule has 0 saturated heterocycles. The second-order valence-electron chi connectivity index (χ2n) is 5.42. The van der Waals surface area contributed by atoms with Crippen LogP contribution in [0.3, 0.4) is 0 Å². The fourth-order valence-electron chi connectivity index (χ4n) is 2.95. The Kier molecular flexibility index (Phi) is 4.59. The molecule has 3 atom stereocenters. The second kappa shape index (κ2) is 6.20. The Morgan fingerprint density at radius 2 is 2.26 bits per heavy atom. The lowest BCUT2D eigenvalue weighted by Gasteiger charge is -2.41. The van der Waals surface area contributed by atoms with Crippen LogP contribution in [0.15, 0.2) is 40.9 Å². The average Bonchev–Trinajstić information content (AvgIpc) is 2.42. The molecule has 0 aromatic rings. The molecule has 3 nitrogen and oxygen atoms in total. The van der Waals surface area contributed by atoms with E-state index in [1.54, 1.807) is 0 Å². The predicted octanol–water partition coefficient (Wildman–Crippen LogP) is 3.08. The summed E-state index contributed by atoms with van der Waals surface area (Å²) in [5.74, 6) is 1.53. The molecule has 0 aromatic carbocycles. The molecule has 1 aliphatic heterocycles. The van der Waals surface area contributed by atoms with Crippen LogP contribution in [-0.4, -0.2) is 30.0 Å². The lowest BCUT2D eigenvalue weighted by molar-refractivity contribution is 0.0963. The molecule has 0 amide bonds. The first-order valence-corrected chi connectivity index (χ1v) is 7.20. The Morgan fingerprint density at radius 1 is 1.47 bits per heavy atom. The molecule has 2 rings (SSSR count). The Labute approximate surface area is 116 Å². The van der Waals surface area contributed by atoms with Gasteiger partial charge in [-0.1, -0.05) is 36.8 Å². The van der Waals surface area contributed by atoms with E-state index >= 15 is 0 Å². The number of hydrogen-bond acceptors (Lipinski definition) is 2. The van der Waals surface area contributed by atoms with Gasteiger partial charge in [0.2, 0.25) is 0 Å². The number of aliphatic imine (C=N–C) groups is 1. The van der Waals surface area contributed by atoms with E-state index < -0.39 is 0 Å². The van der Waals surface area contributed by atoms with Crippen LogP contribution >= 0.6 is 0 Å². The molecule has 0 spiro atoms. The molecule has 1 aliphatic carbocycles. The molecule has 0 bridgehead atoms. The Bertz CT molecular complexity index is 431. The zero-order chi connectivity index (χ0) is 13.8. The Morgan fingerprint density at radius 3 is 2.89 bits per heavy atom. The summed E-state index contributed by atoms with van der Waals surface area (Å²) < 4.78 is 0. The monoisotopic (exact) mass is 259 g/mol. The van der Waals surface area contributed by atoms with Gasteiger partial charge in [-0.2, -0.15) is 0 Å². The van der Waals surface area contributed by atoms with Gasteiger partial charge in [-0.25, -0.2) is 5.01 Å². The van der Waals surface area contributed by atoms with E-state index in [2.05, 4.69) is 66.6 Å². The topological polar surface area (TPSA) is 27.6 Å². The van der Waals surface area contributed by atoms with Gasteiger partial charge in [-0.3, -0.25) is 4.99 Å². The Hall–Kier alpha value is -1.35. The predicted molar refractivity (Wildman–Crippen MR) is 82.0 cm³/mol. The normalized spacial score (nSPS) is 31.2. The van der Waals surface area contributed by atoms with Crippen LogP contribution in [0, 0.1) is 5.92 Å². The van der Waals surface area contributed by atoms with Crippen LogP contribution in [0.2, 0.25) is 0 Å². The van der Waals surface area contributed by atoms with Crippen molar-refractivity contribution in [2.75, 3.05) is 7.05 Å². The maximum Gasteiger partial charge on any atom is 0.134 e. The van der Waals surface area contributed by atoms with Gasteiger partial charge in [0.1, 0.15) is 5.84 Å². The number of hydrazine groups is 1. The van der Waals surface area contributed by atoms with Gasteiger partial charge in [0.25, 0.3) is 0 Å². The summed E-state index contributed by atoms with van der Waals surface area (Å²) in [7, 11) is 1.83. The van der Waals surface area contributed by atoms with Crippen LogP contribution in [0.5, 0.6) is 0 Å². The molecule has 19 heavy (non-hydrogen) atoms. The minimum Gasteiger partial charge on any atom is -0.303 e. The van der Waals surface area contributed by atoms with Crippen molar-refractivity contribution in [3.63, 3.8) is 0 Å². The van der Waals surface area contributed by atoms with Crippen molar-refractivity contribution >= 4 is 5.84 Å². The van der Waals surface area contributed by atoms with E-state index in [4.69, 9.17) is 0 Å². The van der Waals surface area contributed by atoms with Crippen molar-refractivity contribution in [1.29, 1.82) is 0 Å². The number of amidine groups is 1. The highest BCUT2D eigenvalue weighted by Crippen LogP contribution is 2.26.